The molecule has 1 spiro atoms. The van der Waals surface area contributed by atoms with E-state index in [0.29, 0.717) is 28.0 Å². The third-order valence-corrected chi connectivity index (χ3v) is 5.96. The Morgan fingerprint density at radius 1 is 0.970 bits per heavy atom. The summed E-state index contributed by atoms with van der Waals surface area (Å²) in [6.45, 7) is 0.0866. The standard InChI is InChI=1S/C24H17F2N5O2/c1-31-11-16(10-29-31)15-7-18-22(19(25)8-15)33-20-4-2-13(14-3-5-21(26)28-9-14)6-17(20)24(18)12-32-23(27)30-24/h2-11H,12H2,1H3,(H2,27,30). The van der Waals surface area contributed by atoms with Gasteiger partial charge in [-0.3, -0.25) is 4.68 Å². The Morgan fingerprint density at radius 3 is 2.48 bits per heavy atom. The molecule has 6 rings (SSSR count). The first-order valence-corrected chi connectivity index (χ1v) is 10.2. The lowest BCUT2D eigenvalue weighted by molar-refractivity contribution is 0.262. The molecule has 4 aromatic rings. The molecular formula is C24H17F2N5O2. The Balaban J connectivity index is 1.57. The van der Waals surface area contributed by atoms with Crippen LogP contribution in [0.3, 0.4) is 0 Å². The number of ether oxygens (including phenoxy) is 2. The van der Waals surface area contributed by atoms with Crippen LogP contribution in [-0.4, -0.2) is 27.4 Å². The fourth-order valence-electron chi connectivity index (χ4n) is 4.37. The van der Waals surface area contributed by atoms with Crippen molar-refractivity contribution in [1.82, 2.24) is 14.8 Å². The van der Waals surface area contributed by atoms with Crippen molar-refractivity contribution in [2.75, 3.05) is 6.61 Å². The number of hydrogen-bond donors (Lipinski definition) is 1. The number of aryl methyl sites for hydroxylation is 1. The second kappa shape index (κ2) is 6.86. The second-order valence-corrected chi connectivity index (χ2v) is 8.02. The average Bonchev–Trinajstić information content (AvgIpc) is 3.41. The molecule has 0 radical (unpaired) electrons. The lowest BCUT2D eigenvalue weighted by Crippen LogP contribution is -2.31. The fourth-order valence-corrected chi connectivity index (χ4v) is 4.37. The second-order valence-electron chi connectivity index (χ2n) is 8.02. The Kier molecular flexibility index (Phi) is 4.04. The summed E-state index contributed by atoms with van der Waals surface area (Å²) in [6.07, 6.45) is 4.91. The molecule has 2 aromatic carbocycles. The lowest BCUT2D eigenvalue weighted by Gasteiger charge is -2.34. The maximum absolute atomic E-state index is 15.3. The molecule has 4 heterocycles. The summed E-state index contributed by atoms with van der Waals surface area (Å²) in [6, 6.07) is 11.6. The van der Waals surface area contributed by atoms with E-state index in [4.69, 9.17) is 15.2 Å². The molecule has 0 bridgehead atoms. The summed E-state index contributed by atoms with van der Waals surface area (Å²) in [7, 11) is 1.79. The predicted octanol–water partition coefficient (Wildman–Crippen LogP) is 4.12. The Labute approximate surface area is 187 Å². The van der Waals surface area contributed by atoms with E-state index in [0.717, 1.165) is 11.1 Å². The summed E-state index contributed by atoms with van der Waals surface area (Å²) in [4.78, 5) is 8.36. The molecule has 0 amide bonds. The van der Waals surface area contributed by atoms with Gasteiger partial charge >= 0.3 is 0 Å². The Morgan fingerprint density at radius 2 is 1.79 bits per heavy atom. The highest BCUT2D eigenvalue weighted by Gasteiger charge is 2.48. The molecule has 2 N–H and O–H groups in total. The summed E-state index contributed by atoms with van der Waals surface area (Å²) in [5.74, 6) is -0.570. The molecule has 164 valence electrons. The maximum Gasteiger partial charge on any atom is 0.283 e. The van der Waals surface area contributed by atoms with Gasteiger partial charge in [0.2, 0.25) is 5.95 Å². The van der Waals surface area contributed by atoms with Gasteiger partial charge in [0.1, 0.15) is 12.4 Å². The zero-order valence-electron chi connectivity index (χ0n) is 17.4. The molecule has 0 fully saturated rings. The van der Waals surface area contributed by atoms with E-state index < -0.39 is 17.3 Å². The molecule has 33 heavy (non-hydrogen) atoms. The smallest absolute Gasteiger partial charge is 0.283 e. The minimum Gasteiger partial charge on any atom is -0.462 e. The van der Waals surface area contributed by atoms with Gasteiger partial charge in [-0.2, -0.15) is 9.49 Å². The number of rotatable bonds is 2. The lowest BCUT2D eigenvalue weighted by atomic mass is 9.79. The molecule has 0 aliphatic carbocycles. The van der Waals surface area contributed by atoms with Crippen LogP contribution in [0.15, 0.2) is 66.0 Å². The van der Waals surface area contributed by atoms with Crippen molar-refractivity contribution < 1.29 is 18.3 Å². The van der Waals surface area contributed by atoms with Gasteiger partial charge in [0.25, 0.3) is 6.02 Å². The summed E-state index contributed by atoms with van der Waals surface area (Å²) in [5.41, 5.74) is 8.88. The Bertz CT molecular complexity index is 1450. The largest absolute Gasteiger partial charge is 0.462 e. The van der Waals surface area contributed by atoms with E-state index in [-0.39, 0.29) is 18.4 Å². The van der Waals surface area contributed by atoms with Crippen molar-refractivity contribution in [1.29, 1.82) is 0 Å². The fraction of sp³-hybridized carbons (Fsp3) is 0.125. The first-order valence-electron chi connectivity index (χ1n) is 10.2. The van der Waals surface area contributed by atoms with E-state index in [2.05, 4.69) is 15.1 Å². The van der Waals surface area contributed by atoms with Gasteiger partial charge in [-0.15, -0.1) is 0 Å². The minimum atomic E-state index is -1.10. The van der Waals surface area contributed by atoms with Crippen LogP contribution in [0.1, 0.15) is 11.1 Å². The molecular weight excluding hydrogens is 428 g/mol. The number of halogens is 2. The van der Waals surface area contributed by atoms with Gasteiger partial charge in [-0.25, -0.2) is 14.4 Å². The number of aliphatic imine (C=N–C) groups is 1. The number of nitrogens with zero attached hydrogens (tertiary/aromatic N) is 4. The zero-order chi connectivity index (χ0) is 22.7. The normalized spacial score (nSPS) is 18.3. The number of benzene rings is 2. The average molecular weight is 445 g/mol. The molecule has 2 aromatic heterocycles. The summed E-state index contributed by atoms with van der Waals surface area (Å²) >= 11 is 0. The molecule has 7 nitrogen and oxygen atoms in total. The van der Waals surface area contributed by atoms with Crippen molar-refractivity contribution in [2.24, 2.45) is 17.8 Å². The quantitative estimate of drug-likeness (QED) is 0.469. The van der Waals surface area contributed by atoms with E-state index in [1.165, 1.54) is 18.3 Å². The number of pyridine rings is 1. The summed E-state index contributed by atoms with van der Waals surface area (Å²) < 4.78 is 41.9. The van der Waals surface area contributed by atoms with Crippen LogP contribution in [0.5, 0.6) is 11.5 Å². The number of fused-ring (bicyclic) bond motifs is 4. The van der Waals surface area contributed by atoms with E-state index >= 15 is 4.39 Å². The van der Waals surface area contributed by atoms with Gasteiger partial charge < -0.3 is 15.2 Å². The van der Waals surface area contributed by atoms with Crippen LogP contribution in [0.25, 0.3) is 22.3 Å². The molecule has 0 saturated carbocycles. The number of amidine groups is 1. The molecule has 2 aliphatic heterocycles. The maximum atomic E-state index is 15.3. The molecule has 0 saturated heterocycles. The van der Waals surface area contributed by atoms with Gasteiger partial charge in [0.15, 0.2) is 17.1 Å². The van der Waals surface area contributed by atoms with Crippen molar-refractivity contribution >= 4 is 6.02 Å². The van der Waals surface area contributed by atoms with Gasteiger partial charge in [0, 0.05) is 41.7 Å². The van der Waals surface area contributed by atoms with E-state index in [9.17, 15) is 4.39 Å². The SMILES string of the molecule is Cn1cc(-c2cc(F)c3c(c2)C2(COC(N)=N2)c2cc(-c4ccc(F)nc4)ccc2O3)cn1. The number of aromatic nitrogens is 3. The third-order valence-electron chi connectivity index (χ3n) is 5.96. The van der Waals surface area contributed by atoms with Crippen molar-refractivity contribution in [2.45, 2.75) is 5.54 Å². The molecule has 9 heteroatoms. The van der Waals surface area contributed by atoms with Gasteiger partial charge in [-0.1, -0.05) is 6.07 Å². The highest BCUT2D eigenvalue weighted by Crippen LogP contribution is 2.53. The molecule has 1 atom stereocenters. The van der Waals surface area contributed by atoms with E-state index in [1.807, 2.05) is 12.1 Å². The van der Waals surface area contributed by atoms with Gasteiger partial charge in [0.05, 0.1) is 6.20 Å². The molecule has 1 unspecified atom stereocenters. The first-order chi connectivity index (χ1) is 15.9. The molecule has 2 aliphatic rings. The van der Waals surface area contributed by atoms with Crippen LogP contribution in [0.2, 0.25) is 0 Å². The van der Waals surface area contributed by atoms with Crippen LogP contribution >= 0.6 is 0 Å². The predicted molar refractivity (Wildman–Crippen MR) is 117 cm³/mol. The third kappa shape index (κ3) is 2.96. The highest BCUT2D eigenvalue weighted by molar-refractivity contribution is 5.79. The topological polar surface area (TPSA) is 87.6 Å². The van der Waals surface area contributed by atoms with E-state index in [1.54, 1.807) is 42.3 Å². The number of hydrogen-bond acceptors (Lipinski definition) is 6. The zero-order valence-corrected chi connectivity index (χ0v) is 17.4. The Hall–Kier alpha value is -4.27. The van der Waals surface area contributed by atoms with Crippen molar-refractivity contribution in [3.05, 3.63) is 83.9 Å². The van der Waals surface area contributed by atoms with Crippen molar-refractivity contribution in [3.8, 4) is 33.8 Å². The van der Waals surface area contributed by atoms with Crippen LogP contribution < -0.4 is 10.5 Å². The van der Waals surface area contributed by atoms with Crippen LogP contribution in [0.4, 0.5) is 8.78 Å². The van der Waals surface area contributed by atoms with Crippen LogP contribution in [0, 0.1) is 11.8 Å². The van der Waals surface area contributed by atoms with Crippen LogP contribution in [-0.2, 0) is 17.3 Å². The minimum absolute atomic E-state index is 0.00911. The monoisotopic (exact) mass is 445 g/mol. The highest BCUT2D eigenvalue weighted by atomic mass is 19.1. The summed E-state index contributed by atoms with van der Waals surface area (Å²) in [5, 5.41) is 4.18. The number of nitrogens with two attached hydrogens (primary N) is 1. The van der Waals surface area contributed by atoms with Gasteiger partial charge in [-0.05, 0) is 47.5 Å². The first kappa shape index (κ1) is 19.4. The van der Waals surface area contributed by atoms with Crippen molar-refractivity contribution in [3.63, 3.8) is 0 Å².